The van der Waals surface area contributed by atoms with E-state index in [1.165, 1.54) is 0 Å². The van der Waals surface area contributed by atoms with E-state index in [9.17, 15) is 0 Å². The lowest BCUT2D eigenvalue weighted by Gasteiger charge is -2.08. The summed E-state index contributed by atoms with van der Waals surface area (Å²) in [4.78, 5) is 8.83. The van der Waals surface area contributed by atoms with E-state index in [-0.39, 0.29) is 6.04 Å². The molecular formula is C13H19N5. The summed E-state index contributed by atoms with van der Waals surface area (Å²) < 4.78 is 1.81. The van der Waals surface area contributed by atoms with Gasteiger partial charge in [-0.05, 0) is 24.6 Å². The summed E-state index contributed by atoms with van der Waals surface area (Å²) in [7, 11) is 0. The molecule has 0 saturated heterocycles. The molecule has 0 aliphatic carbocycles. The van der Waals surface area contributed by atoms with E-state index in [0.717, 1.165) is 35.9 Å². The summed E-state index contributed by atoms with van der Waals surface area (Å²) in [6.07, 6.45) is 3.42. The van der Waals surface area contributed by atoms with Crippen molar-refractivity contribution in [3.05, 3.63) is 35.5 Å². The highest BCUT2D eigenvalue weighted by Crippen LogP contribution is 2.14. The van der Waals surface area contributed by atoms with Crippen LogP contribution in [0.1, 0.15) is 44.0 Å². The predicted octanol–water partition coefficient (Wildman–Crippen LogP) is 1.81. The molecule has 0 radical (unpaired) electrons. The van der Waals surface area contributed by atoms with Crippen molar-refractivity contribution < 1.29 is 0 Å². The van der Waals surface area contributed by atoms with Crippen LogP contribution in [0, 0.1) is 0 Å². The Morgan fingerprint density at radius 3 is 2.72 bits per heavy atom. The monoisotopic (exact) mass is 245 g/mol. The minimum absolute atomic E-state index is 0.00834. The summed E-state index contributed by atoms with van der Waals surface area (Å²) in [5.41, 5.74) is 6.94. The number of aryl methyl sites for hydroxylation is 2. The fourth-order valence-corrected chi connectivity index (χ4v) is 1.79. The van der Waals surface area contributed by atoms with E-state index >= 15 is 0 Å². The summed E-state index contributed by atoms with van der Waals surface area (Å²) in [5, 5.41) is 4.47. The quantitative estimate of drug-likeness (QED) is 0.891. The van der Waals surface area contributed by atoms with Crippen LogP contribution in [0.2, 0.25) is 0 Å². The van der Waals surface area contributed by atoms with Gasteiger partial charge in [-0.15, -0.1) is 5.10 Å². The SMILES string of the molecule is CCc1nc(CC)n(-c2cc(C(C)N)ccn2)n1. The Hall–Kier alpha value is -1.75. The third-order valence-corrected chi connectivity index (χ3v) is 2.86. The van der Waals surface area contributed by atoms with Crippen molar-refractivity contribution in [1.29, 1.82) is 0 Å². The van der Waals surface area contributed by atoms with Gasteiger partial charge in [0.1, 0.15) is 5.82 Å². The maximum absolute atomic E-state index is 5.89. The van der Waals surface area contributed by atoms with E-state index in [0.29, 0.717) is 0 Å². The van der Waals surface area contributed by atoms with Gasteiger partial charge in [0.05, 0.1) is 0 Å². The highest BCUT2D eigenvalue weighted by molar-refractivity contribution is 5.29. The topological polar surface area (TPSA) is 69.6 Å². The molecule has 5 heteroatoms. The Morgan fingerprint density at radius 1 is 1.33 bits per heavy atom. The molecule has 5 nitrogen and oxygen atoms in total. The molecule has 96 valence electrons. The molecule has 0 bridgehead atoms. The van der Waals surface area contributed by atoms with Gasteiger partial charge in [-0.25, -0.2) is 9.97 Å². The van der Waals surface area contributed by atoms with Gasteiger partial charge in [-0.1, -0.05) is 13.8 Å². The van der Waals surface area contributed by atoms with Crippen LogP contribution in [0.4, 0.5) is 0 Å². The molecule has 2 aromatic rings. The third-order valence-electron chi connectivity index (χ3n) is 2.86. The van der Waals surface area contributed by atoms with Gasteiger partial charge in [0.2, 0.25) is 0 Å². The molecule has 0 fully saturated rings. The van der Waals surface area contributed by atoms with Crippen LogP contribution in [-0.4, -0.2) is 19.7 Å². The van der Waals surface area contributed by atoms with Gasteiger partial charge in [0.15, 0.2) is 11.6 Å². The van der Waals surface area contributed by atoms with Gasteiger partial charge in [-0.3, -0.25) is 0 Å². The van der Waals surface area contributed by atoms with Gasteiger partial charge >= 0.3 is 0 Å². The first-order valence-electron chi connectivity index (χ1n) is 6.32. The van der Waals surface area contributed by atoms with E-state index in [1.807, 2.05) is 30.7 Å². The Bertz CT molecular complexity index is 530. The Balaban J connectivity index is 2.47. The lowest BCUT2D eigenvalue weighted by Crippen LogP contribution is -2.09. The van der Waals surface area contributed by atoms with Crippen molar-refractivity contribution in [1.82, 2.24) is 19.7 Å². The number of aromatic nitrogens is 4. The summed E-state index contributed by atoms with van der Waals surface area (Å²) in [6, 6.07) is 3.89. The minimum Gasteiger partial charge on any atom is -0.324 e. The molecule has 1 unspecified atom stereocenters. The molecule has 0 saturated carbocycles. The largest absolute Gasteiger partial charge is 0.324 e. The summed E-state index contributed by atoms with van der Waals surface area (Å²) >= 11 is 0. The fourth-order valence-electron chi connectivity index (χ4n) is 1.79. The number of nitrogens with two attached hydrogens (primary N) is 1. The Labute approximate surface area is 107 Å². The second-order valence-electron chi connectivity index (χ2n) is 4.30. The predicted molar refractivity (Wildman–Crippen MR) is 70.5 cm³/mol. The standard InChI is InChI=1S/C13H19N5/c1-4-11-16-12(5-2)18(17-11)13-8-10(9(3)14)6-7-15-13/h6-9H,4-5,14H2,1-3H3. The lowest BCUT2D eigenvalue weighted by atomic mass is 10.1. The zero-order valence-electron chi connectivity index (χ0n) is 11.1. The first kappa shape index (κ1) is 12.7. The third kappa shape index (κ3) is 2.41. The normalized spacial score (nSPS) is 12.7. The summed E-state index contributed by atoms with van der Waals surface area (Å²) in [5.74, 6) is 2.56. The van der Waals surface area contributed by atoms with E-state index < -0.39 is 0 Å². The highest BCUT2D eigenvalue weighted by Gasteiger charge is 2.11. The van der Waals surface area contributed by atoms with Crippen molar-refractivity contribution >= 4 is 0 Å². The molecular weight excluding hydrogens is 226 g/mol. The van der Waals surface area contributed by atoms with Gasteiger partial charge in [0, 0.05) is 25.1 Å². The molecule has 0 spiro atoms. The second kappa shape index (κ2) is 5.27. The molecule has 0 amide bonds. The number of nitrogens with zero attached hydrogens (tertiary/aromatic N) is 4. The van der Waals surface area contributed by atoms with Crippen LogP contribution in [0.3, 0.4) is 0 Å². The molecule has 1 atom stereocenters. The molecule has 0 aliphatic rings. The van der Waals surface area contributed by atoms with Crippen LogP contribution in [0.15, 0.2) is 18.3 Å². The molecule has 0 aromatic carbocycles. The number of hydrogen-bond donors (Lipinski definition) is 1. The Kier molecular flexibility index (Phi) is 3.72. The average molecular weight is 245 g/mol. The van der Waals surface area contributed by atoms with Crippen LogP contribution in [0.5, 0.6) is 0 Å². The highest BCUT2D eigenvalue weighted by atomic mass is 15.4. The smallest absolute Gasteiger partial charge is 0.155 e. The summed E-state index contributed by atoms with van der Waals surface area (Å²) in [6.45, 7) is 6.07. The maximum atomic E-state index is 5.89. The van der Waals surface area contributed by atoms with Crippen LogP contribution < -0.4 is 5.73 Å². The van der Waals surface area contributed by atoms with E-state index in [1.54, 1.807) is 6.20 Å². The van der Waals surface area contributed by atoms with Gasteiger partial charge in [-0.2, -0.15) is 4.68 Å². The fraction of sp³-hybridized carbons (Fsp3) is 0.462. The first-order valence-corrected chi connectivity index (χ1v) is 6.32. The molecule has 2 rings (SSSR count). The number of pyridine rings is 1. The van der Waals surface area contributed by atoms with E-state index in [2.05, 4.69) is 22.0 Å². The number of rotatable bonds is 4. The average Bonchev–Trinajstić information content (AvgIpc) is 2.82. The molecule has 2 N–H and O–H groups in total. The van der Waals surface area contributed by atoms with Crippen molar-refractivity contribution in [3.63, 3.8) is 0 Å². The first-order chi connectivity index (χ1) is 8.65. The molecule has 18 heavy (non-hydrogen) atoms. The lowest BCUT2D eigenvalue weighted by molar-refractivity contribution is 0.756. The second-order valence-corrected chi connectivity index (χ2v) is 4.30. The van der Waals surface area contributed by atoms with Crippen LogP contribution in [0.25, 0.3) is 5.82 Å². The van der Waals surface area contributed by atoms with Crippen LogP contribution >= 0.6 is 0 Å². The molecule has 2 heterocycles. The molecule has 0 aliphatic heterocycles. The van der Waals surface area contributed by atoms with Crippen molar-refractivity contribution in [2.45, 2.75) is 39.7 Å². The van der Waals surface area contributed by atoms with Crippen molar-refractivity contribution in [2.75, 3.05) is 0 Å². The van der Waals surface area contributed by atoms with Gasteiger partial charge in [0.25, 0.3) is 0 Å². The van der Waals surface area contributed by atoms with Crippen molar-refractivity contribution in [3.8, 4) is 5.82 Å². The zero-order chi connectivity index (χ0) is 13.1. The maximum Gasteiger partial charge on any atom is 0.155 e. The zero-order valence-corrected chi connectivity index (χ0v) is 11.1. The van der Waals surface area contributed by atoms with Gasteiger partial charge < -0.3 is 5.73 Å². The number of hydrogen-bond acceptors (Lipinski definition) is 4. The van der Waals surface area contributed by atoms with E-state index in [4.69, 9.17) is 5.73 Å². The Morgan fingerprint density at radius 2 is 2.11 bits per heavy atom. The van der Waals surface area contributed by atoms with Crippen molar-refractivity contribution in [2.24, 2.45) is 5.73 Å². The van der Waals surface area contributed by atoms with Crippen LogP contribution in [-0.2, 0) is 12.8 Å². The molecule has 2 aromatic heterocycles. The minimum atomic E-state index is -0.00834.